The van der Waals surface area contributed by atoms with E-state index in [0.29, 0.717) is 31.4 Å². The van der Waals surface area contributed by atoms with Crippen molar-refractivity contribution < 1.29 is 82.7 Å². The molecule has 0 saturated heterocycles. The largest absolute Gasteiger partial charge is 0.508 e. The SMILES string of the molecule is COC1=C(O)C(=O)C(C)C(C/C=C(\C)CC/C=C(\C)CCC=C(C)C)C1O.COC1=C(O)C(C)C(C/C=C(\C)CC/C=C(\C)CCC=C(C)C)C(O)C1=O.COC1=C(OC)C(O)C(C/C=C(\C)CC/C=C(\C)CCC=C(C)C)C(C)C1=O.COC1=C(OC)C(OC(C)=O)C(C/C=C(\C)CC/C=C(\C)CCC=C(C)C)C(C)C1=O. The summed E-state index contributed by atoms with van der Waals surface area (Å²) < 4.78 is 36.6. The van der Waals surface area contributed by atoms with E-state index >= 15 is 0 Å². The molecule has 12 unspecified atom stereocenters. The molecule has 0 aromatic rings. The maximum atomic E-state index is 12.8. The van der Waals surface area contributed by atoms with Gasteiger partial charge in [-0.1, -0.05) is 167 Å². The zero-order valence-corrected chi connectivity index (χ0v) is 74.6. The highest BCUT2D eigenvalue weighted by Crippen LogP contribution is 2.40. The molecule has 0 aliphatic heterocycles. The lowest BCUT2D eigenvalue weighted by Gasteiger charge is -2.35. The second-order valence-corrected chi connectivity index (χ2v) is 32.5. The number of hydrogen-bond acceptors (Lipinski definition) is 17. The van der Waals surface area contributed by atoms with Crippen LogP contribution in [0.25, 0.3) is 0 Å². The number of allylic oxidation sites excluding steroid dienone is 28. The average Bonchev–Trinajstić information content (AvgIpc) is 0.775. The Kier molecular flexibility index (Phi) is 50.2. The van der Waals surface area contributed by atoms with Crippen LogP contribution in [0.3, 0.4) is 0 Å². The lowest BCUT2D eigenvalue weighted by molar-refractivity contribution is -0.153. The van der Waals surface area contributed by atoms with Crippen LogP contribution in [0.1, 0.15) is 274 Å². The highest BCUT2D eigenvalue weighted by Gasteiger charge is 2.47. The van der Waals surface area contributed by atoms with Gasteiger partial charge in [-0.15, -0.1) is 0 Å². The van der Waals surface area contributed by atoms with Crippen LogP contribution in [0.4, 0.5) is 0 Å². The normalized spacial score (nSPS) is 23.6. The fourth-order valence-corrected chi connectivity index (χ4v) is 14.1. The number of rotatable bonds is 39. The number of carbonyl (C=O) groups is 5. The summed E-state index contributed by atoms with van der Waals surface area (Å²) in [6.45, 7) is 42.7. The van der Waals surface area contributed by atoms with Gasteiger partial charge in [-0.2, -0.15) is 0 Å². The Morgan fingerprint density at radius 3 is 0.850 bits per heavy atom. The average molecular weight is 1580 g/mol. The number of hydrogen-bond donors (Lipinski definition) is 5. The molecule has 0 aromatic heterocycles. The number of aliphatic hydroxyl groups excluding tert-OH is 5. The third-order valence-electron chi connectivity index (χ3n) is 21.7. The minimum Gasteiger partial charge on any atom is -0.508 e. The van der Waals surface area contributed by atoms with Crippen molar-refractivity contribution in [1.29, 1.82) is 0 Å². The van der Waals surface area contributed by atoms with E-state index in [0.717, 1.165) is 103 Å². The Bertz CT molecular complexity index is 3590. The Morgan fingerprint density at radius 2 is 0.558 bits per heavy atom. The predicted octanol–water partition coefficient (Wildman–Crippen LogP) is 22.4. The van der Waals surface area contributed by atoms with Gasteiger partial charge < -0.3 is 58.7 Å². The lowest BCUT2D eigenvalue weighted by atomic mass is 9.77. The van der Waals surface area contributed by atoms with Crippen LogP contribution in [-0.2, 0) is 57.1 Å². The Labute approximate surface area is 682 Å². The third kappa shape index (κ3) is 36.7. The van der Waals surface area contributed by atoms with Gasteiger partial charge in [0.25, 0.3) is 0 Å². The lowest BCUT2D eigenvalue weighted by Crippen LogP contribution is -2.42. The van der Waals surface area contributed by atoms with E-state index in [1.165, 1.54) is 116 Å². The van der Waals surface area contributed by atoms with Crippen molar-refractivity contribution in [2.24, 2.45) is 47.3 Å². The summed E-state index contributed by atoms with van der Waals surface area (Å²) in [6.07, 6.45) is 42.2. The Balaban J connectivity index is 0.000000754. The van der Waals surface area contributed by atoms with E-state index in [2.05, 4.69) is 184 Å². The first kappa shape index (κ1) is 103. The Morgan fingerprint density at radius 1 is 0.301 bits per heavy atom. The van der Waals surface area contributed by atoms with Crippen molar-refractivity contribution in [2.45, 2.75) is 298 Å². The summed E-state index contributed by atoms with van der Waals surface area (Å²) in [6, 6.07) is 0. The fraction of sp³-hybridized carbons (Fsp3) is 0.615. The third-order valence-corrected chi connectivity index (χ3v) is 21.7. The number of ketones is 4. The molecule has 0 aromatic carbocycles. The van der Waals surface area contributed by atoms with Gasteiger partial charge >= 0.3 is 5.97 Å². The van der Waals surface area contributed by atoms with Gasteiger partial charge in [0.05, 0.1) is 42.7 Å². The molecule has 0 saturated carbocycles. The van der Waals surface area contributed by atoms with E-state index in [1.54, 1.807) is 6.92 Å². The van der Waals surface area contributed by atoms with Crippen molar-refractivity contribution in [1.82, 2.24) is 0 Å². The van der Waals surface area contributed by atoms with Gasteiger partial charge in [0.2, 0.25) is 40.4 Å². The molecule has 4 aliphatic carbocycles. The molecule has 17 heteroatoms. The molecule has 12 atom stereocenters. The molecule has 0 spiro atoms. The van der Waals surface area contributed by atoms with Crippen LogP contribution in [0.5, 0.6) is 0 Å². The molecule has 0 bridgehead atoms. The van der Waals surface area contributed by atoms with Crippen LogP contribution >= 0.6 is 0 Å². The van der Waals surface area contributed by atoms with Crippen LogP contribution in [0, 0.1) is 47.3 Å². The Hall–Kier alpha value is -7.73. The maximum Gasteiger partial charge on any atom is 0.303 e. The molecule has 636 valence electrons. The van der Waals surface area contributed by atoms with Crippen molar-refractivity contribution >= 4 is 29.1 Å². The van der Waals surface area contributed by atoms with Gasteiger partial charge in [-0.3, -0.25) is 24.0 Å². The van der Waals surface area contributed by atoms with Gasteiger partial charge in [-0.05, 0) is 239 Å². The molecule has 4 aliphatic rings. The van der Waals surface area contributed by atoms with Crippen molar-refractivity contribution in [3.8, 4) is 0 Å². The molecule has 113 heavy (non-hydrogen) atoms. The first-order valence-corrected chi connectivity index (χ1v) is 41.0. The van der Waals surface area contributed by atoms with Crippen molar-refractivity contribution in [2.75, 3.05) is 42.7 Å². The van der Waals surface area contributed by atoms with Gasteiger partial charge in [0.1, 0.15) is 24.1 Å². The molecule has 4 rings (SSSR count). The maximum absolute atomic E-state index is 12.8. The van der Waals surface area contributed by atoms with Crippen LogP contribution in [-0.4, -0.2) is 122 Å². The number of carbonyl (C=O) groups excluding carboxylic acids is 5. The number of aliphatic hydroxyl groups is 5. The van der Waals surface area contributed by atoms with Crippen LogP contribution in [0.15, 0.2) is 186 Å². The predicted molar refractivity (Wildman–Crippen MR) is 460 cm³/mol. The van der Waals surface area contributed by atoms with Gasteiger partial charge in [-0.25, -0.2) is 0 Å². The zero-order chi connectivity index (χ0) is 85.9. The number of Topliss-reactive ketones (excluding diaryl/α,β-unsaturated/α-hetero) is 4. The zero-order valence-electron chi connectivity index (χ0n) is 74.6. The van der Waals surface area contributed by atoms with E-state index < -0.39 is 47.8 Å². The smallest absolute Gasteiger partial charge is 0.303 e. The van der Waals surface area contributed by atoms with Gasteiger partial charge in [0.15, 0.2) is 29.1 Å². The fourth-order valence-electron chi connectivity index (χ4n) is 14.1. The molecule has 17 nitrogen and oxygen atoms in total. The first-order chi connectivity index (χ1) is 53.2. The number of ether oxygens (including phenoxy) is 7. The molecule has 0 fully saturated rings. The first-order valence-electron chi connectivity index (χ1n) is 41.0. The van der Waals surface area contributed by atoms with Crippen LogP contribution in [0.2, 0.25) is 0 Å². The monoisotopic (exact) mass is 1580 g/mol. The molecule has 0 heterocycles. The second kappa shape index (κ2) is 54.9. The second-order valence-electron chi connectivity index (χ2n) is 32.5. The summed E-state index contributed by atoms with van der Waals surface area (Å²) in [5.74, 6) is -3.66. The van der Waals surface area contributed by atoms with E-state index in [4.69, 9.17) is 33.2 Å². The highest BCUT2D eigenvalue weighted by atomic mass is 16.6. The summed E-state index contributed by atoms with van der Waals surface area (Å²) >= 11 is 0. The van der Waals surface area contributed by atoms with E-state index in [-0.39, 0.29) is 93.3 Å². The highest BCUT2D eigenvalue weighted by molar-refractivity contribution is 5.99. The van der Waals surface area contributed by atoms with Gasteiger partial charge in [0, 0.05) is 54.3 Å². The topological polar surface area (TPSA) is 251 Å². The summed E-state index contributed by atoms with van der Waals surface area (Å²) in [5, 5.41) is 51.4. The number of esters is 1. The quantitative estimate of drug-likeness (QED) is 0.0283. The summed E-state index contributed by atoms with van der Waals surface area (Å²) in [4.78, 5) is 61.2. The van der Waals surface area contributed by atoms with Crippen molar-refractivity contribution in [3.05, 3.63) is 186 Å². The molecule has 0 radical (unpaired) electrons. The van der Waals surface area contributed by atoms with E-state index in [9.17, 15) is 49.5 Å². The van der Waals surface area contributed by atoms with Crippen LogP contribution < -0.4 is 0 Å². The molecular weight excluding hydrogens is 1430 g/mol. The number of methoxy groups -OCH3 is 6. The van der Waals surface area contributed by atoms with Crippen molar-refractivity contribution in [3.63, 3.8) is 0 Å². The summed E-state index contributed by atoms with van der Waals surface area (Å²) in [5.41, 5.74) is 16.1. The molecule has 0 amide bonds. The summed E-state index contributed by atoms with van der Waals surface area (Å²) in [7, 11) is 8.50. The van der Waals surface area contributed by atoms with E-state index in [1.807, 2.05) is 20.8 Å². The standard InChI is InChI=1S/C26H40O5.C24H38O4.2C23H36O4/c1-17(2)11-9-12-18(3)13-10-14-19(4)15-16-22-20(5)23(28)25(29-7)26(30-8)24(22)31-21(6)27;1-16(2)10-8-11-17(3)12-9-13-18(4)14-15-20-19(5)21(25)23(27-6)24(28-7)22(20)26;1-15(2)9-7-10-16(3)11-8-12-17(4)13-14-19-18(5)20(24)23(27-6)22(26)21(19)25;1-15(2)9-7-10-16(3)11-8-12-17(4)13-14-19-18(5)20(24)22(26)23(27-6)21(19)25/h11,13,15,20,22,24H,9-10,12,14,16H2,1-8H3;10,12,14,19-20,22,26H,8-9,11,13,15H2,1-7H3;9,11,13,18-19,21,24-25H,7-8,10,12,14H2,1-6H3;9,11,13,18-19,21,25-26H,7-8,10,12,14H2,1-6H3/b18-13+,19-15+;17-12+,18-14+;2*16-11+,17-13+. The minimum absolute atomic E-state index is 0.0101. The molecular formula is C96H150O17. The molecule has 5 N–H and O–H groups in total. The minimum atomic E-state index is -1.13.